The highest BCUT2D eigenvalue weighted by atomic mass is 19.1. The van der Waals surface area contributed by atoms with Crippen molar-refractivity contribution in [2.75, 3.05) is 50.1 Å². The number of methoxy groups -OCH3 is 1. The molecule has 1 aromatic heterocycles. The second-order valence-corrected chi connectivity index (χ2v) is 8.31. The Morgan fingerprint density at radius 3 is 2.62 bits per heavy atom. The van der Waals surface area contributed by atoms with Crippen molar-refractivity contribution in [3.63, 3.8) is 0 Å². The molecule has 0 radical (unpaired) electrons. The monoisotopic (exact) mass is 468 g/mol. The molecule has 1 saturated heterocycles. The lowest BCUT2D eigenvalue weighted by Gasteiger charge is -2.41. The molecule has 0 spiro atoms. The molecule has 0 saturated carbocycles. The summed E-state index contributed by atoms with van der Waals surface area (Å²) in [5.41, 5.74) is 2.00. The van der Waals surface area contributed by atoms with Gasteiger partial charge in [-0.05, 0) is 56.3 Å². The first kappa shape index (κ1) is 23.6. The van der Waals surface area contributed by atoms with E-state index in [-0.39, 0.29) is 36.5 Å². The molecular formula is C25H29FN4O4. The number of benzene rings is 2. The topological polar surface area (TPSA) is 86.9 Å². The van der Waals surface area contributed by atoms with Crippen LogP contribution in [0.5, 0.6) is 5.75 Å². The molecule has 1 fully saturated rings. The summed E-state index contributed by atoms with van der Waals surface area (Å²) >= 11 is 0. The van der Waals surface area contributed by atoms with Gasteiger partial charge in [-0.2, -0.15) is 0 Å². The van der Waals surface area contributed by atoms with Gasteiger partial charge < -0.3 is 24.7 Å². The van der Waals surface area contributed by atoms with Crippen molar-refractivity contribution < 1.29 is 23.5 Å². The number of hydrogen-bond donors (Lipinski definition) is 2. The summed E-state index contributed by atoms with van der Waals surface area (Å²) < 4.78 is 24.2. The predicted molar refractivity (Wildman–Crippen MR) is 129 cm³/mol. The number of carbonyl (C=O) groups excluding carboxylic acids is 2. The number of nitrogens with one attached hydrogen (secondary N) is 2. The number of piperazine rings is 1. The van der Waals surface area contributed by atoms with E-state index < -0.39 is 11.8 Å². The van der Waals surface area contributed by atoms with Crippen LogP contribution < -0.4 is 15.0 Å². The van der Waals surface area contributed by atoms with Gasteiger partial charge in [0.2, 0.25) is 5.91 Å². The molecule has 1 amide bonds. The molecule has 0 bridgehead atoms. The molecular weight excluding hydrogens is 439 g/mol. The molecule has 4 rings (SSSR count). The number of anilines is 2. The van der Waals surface area contributed by atoms with Crippen LogP contribution in [0.3, 0.4) is 0 Å². The molecule has 3 aromatic rings. The molecule has 2 N–H and O–H groups in total. The Morgan fingerprint density at radius 1 is 1.18 bits per heavy atom. The standard InChI is InChI=1S/C25H29FN4O4/c1-4-34-25(32)24-23(20-13-17(26)5-10-21(20)27-24)28-22(31)15-29-11-12-30(16(2)14-29)18-6-8-19(33-3)9-7-18/h5-10,13,16,27H,4,11-12,14-15H2,1-3H3,(H,28,31)/t16-/m1/s1. The lowest BCUT2D eigenvalue weighted by molar-refractivity contribution is -0.117. The van der Waals surface area contributed by atoms with Crippen molar-refractivity contribution in [1.29, 1.82) is 0 Å². The quantitative estimate of drug-likeness (QED) is 0.515. The Morgan fingerprint density at radius 2 is 1.94 bits per heavy atom. The number of carbonyl (C=O) groups is 2. The van der Waals surface area contributed by atoms with Gasteiger partial charge in [0.1, 0.15) is 17.3 Å². The van der Waals surface area contributed by atoms with Gasteiger partial charge in [-0.3, -0.25) is 9.69 Å². The molecule has 2 aromatic carbocycles. The lowest BCUT2D eigenvalue weighted by atomic mass is 10.1. The predicted octanol–water partition coefficient (Wildman–Crippen LogP) is 3.64. The minimum atomic E-state index is -0.601. The Kier molecular flexibility index (Phi) is 7.02. The second-order valence-electron chi connectivity index (χ2n) is 8.31. The van der Waals surface area contributed by atoms with E-state index >= 15 is 0 Å². The number of ether oxygens (including phenoxy) is 2. The van der Waals surface area contributed by atoms with E-state index in [1.807, 2.05) is 24.3 Å². The summed E-state index contributed by atoms with van der Waals surface area (Å²) in [5.74, 6) is -0.524. The van der Waals surface area contributed by atoms with Gasteiger partial charge in [0.05, 0.1) is 25.9 Å². The molecule has 2 heterocycles. The van der Waals surface area contributed by atoms with E-state index in [9.17, 15) is 14.0 Å². The molecule has 1 aliphatic heterocycles. The van der Waals surface area contributed by atoms with E-state index in [0.717, 1.165) is 18.0 Å². The first-order valence-electron chi connectivity index (χ1n) is 11.3. The first-order valence-corrected chi connectivity index (χ1v) is 11.3. The Hall–Kier alpha value is -3.59. The molecule has 180 valence electrons. The first-order chi connectivity index (χ1) is 16.4. The SMILES string of the molecule is CCOC(=O)c1[nH]c2ccc(F)cc2c1NC(=O)CN1CCN(c2ccc(OC)cc2)[C@H](C)C1. The summed E-state index contributed by atoms with van der Waals surface area (Å²) in [4.78, 5) is 32.7. The van der Waals surface area contributed by atoms with Crippen LogP contribution in [0.25, 0.3) is 10.9 Å². The van der Waals surface area contributed by atoms with Gasteiger partial charge in [0.15, 0.2) is 0 Å². The molecule has 9 heteroatoms. The molecule has 34 heavy (non-hydrogen) atoms. The third kappa shape index (κ3) is 4.99. The molecule has 0 aliphatic carbocycles. The lowest BCUT2D eigenvalue weighted by Crippen LogP contribution is -2.53. The third-order valence-electron chi connectivity index (χ3n) is 5.99. The largest absolute Gasteiger partial charge is 0.497 e. The van der Waals surface area contributed by atoms with E-state index in [4.69, 9.17) is 9.47 Å². The normalized spacial score (nSPS) is 16.5. The number of H-pyrrole nitrogens is 1. The summed E-state index contributed by atoms with van der Waals surface area (Å²) in [5, 5.41) is 3.24. The fraction of sp³-hybridized carbons (Fsp3) is 0.360. The minimum absolute atomic E-state index is 0.105. The van der Waals surface area contributed by atoms with Crippen LogP contribution in [0.4, 0.5) is 15.8 Å². The number of amides is 1. The number of nitrogens with zero attached hydrogens (tertiary/aromatic N) is 2. The van der Waals surface area contributed by atoms with Gasteiger partial charge in [0.25, 0.3) is 0 Å². The average Bonchev–Trinajstić information content (AvgIpc) is 3.17. The van der Waals surface area contributed by atoms with E-state index in [1.54, 1.807) is 14.0 Å². The second kappa shape index (κ2) is 10.1. The van der Waals surface area contributed by atoms with Crippen LogP contribution >= 0.6 is 0 Å². The van der Waals surface area contributed by atoms with Crippen molar-refractivity contribution in [2.24, 2.45) is 0 Å². The van der Waals surface area contributed by atoms with Gasteiger partial charge in [-0.25, -0.2) is 9.18 Å². The maximum absolute atomic E-state index is 13.9. The van der Waals surface area contributed by atoms with E-state index in [1.165, 1.54) is 18.2 Å². The zero-order valence-electron chi connectivity index (χ0n) is 19.6. The fourth-order valence-corrected chi connectivity index (χ4v) is 4.37. The van der Waals surface area contributed by atoms with Crippen molar-refractivity contribution in [2.45, 2.75) is 19.9 Å². The number of aromatic nitrogens is 1. The smallest absolute Gasteiger partial charge is 0.356 e. The average molecular weight is 469 g/mol. The van der Waals surface area contributed by atoms with Gasteiger partial charge >= 0.3 is 5.97 Å². The molecule has 1 aliphatic rings. The van der Waals surface area contributed by atoms with Crippen molar-refractivity contribution in [3.05, 3.63) is 54.0 Å². The number of halogens is 1. The van der Waals surface area contributed by atoms with Crippen LogP contribution in [0.1, 0.15) is 24.3 Å². The molecule has 0 unspecified atom stereocenters. The molecule has 8 nitrogen and oxygen atoms in total. The van der Waals surface area contributed by atoms with Crippen LogP contribution in [0.15, 0.2) is 42.5 Å². The van der Waals surface area contributed by atoms with Crippen LogP contribution in [0.2, 0.25) is 0 Å². The Labute approximate surface area is 197 Å². The summed E-state index contributed by atoms with van der Waals surface area (Å²) in [6.07, 6.45) is 0. The van der Waals surface area contributed by atoms with Crippen molar-refractivity contribution in [1.82, 2.24) is 9.88 Å². The highest BCUT2D eigenvalue weighted by Gasteiger charge is 2.27. The number of hydrogen-bond acceptors (Lipinski definition) is 6. The zero-order chi connectivity index (χ0) is 24.2. The zero-order valence-corrected chi connectivity index (χ0v) is 19.6. The van der Waals surface area contributed by atoms with E-state index in [2.05, 4.69) is 27.0 Å². The Bertz CT molecular complexity index is 1180. The minimum Gasteiger partial charge on any atom is -0.497 e. The van der Waals surface area contributed by atoms with Crippen LogP contribution in [0, 0.1) is 5.82 Å². The van der Waals surface area contributed by atoms with Crippen LogP contribution in [-0.2, 0) is 9.53 Å². The number of aromatic amines is 1. The maximum atomic E-state index is 13.9. The van der Waals surface area contributed by atoms with E-state index in [0.29, 0.717) is 24.0 Å². The summed E-state index contributed by atoms with van der Waals surface area (Å²) in [6, 6.07) is 12.3. The highest BCUT2D eigenvalue weighted by molar-refractivity contribution is 6.11. The Balaban J connectivity index is 1.44. The number of esters is 1. The summed E-state index contributed by atoms with van der Waals surface area (Å²) in [7, 11) is 1.64. The van der Waals surface area contributed by atoms with Gasteiger partial charge in [0, 0.05) is 42.3 Å². The van der Waals surface area contributed by atoms with Gasteiger partial charge in [-0.1, -0.05) is 0 Å². The number of fused-ring (bicyclic) bond motifs is 1. The van der Waals surface area contributed by atoms with Crippen LogP contribution in [-0.4, -0.2) is 67.7 Å². The van der Waals surface area contributed by atoms with Crippen molar-refractivity contribution in [3.8, 4) is 5.75 Å². The molecule has 1 atom stereocenters. The fourth-order valence-electron chi connectivity index (χ4n) is 4.37. The summed E-state index contributed by atoms with van der Waals surface area (Å²) in [6.45, 7) is 6.34. The van der Waals surface area contributed by atoms with Crippen molar-refractivity contribution >= 4 is 34.2 Å². The highest BCUT2D eigenvalue weighted by Crippen LogP contribution is 2.29. The maximum Gasteiger partial charge on any atom is 0.356 e. The number of rotatable bonds is 7. The third-order valence-corrected chi connectivity index (χ3v) is 5.99. The van der Waals surface area contributed by atoms with Gasteiger partial charge in [-0.15, -0.1) is 0 Å².